The van der Waals surface area contributed by atoms with Gasteiger partial charge in [0.15, 0.2) is 17.3 Å². The second kappa shape index (κ2) is 15.0. The maximum absolute atomic E-state index is 12.1. The van der Waals surface area contributed by atoms with Crippen molar-refractivity contribution in [2.75, 3.05) is 0 Å². The molecule has 0 radical (unpaired) electrons. The zero-order valence-corrected chi connectivity index (χ0v) is 17.5. The van der Waals surface area contributed by atoms with Crippen LogP contribution < -0.4 is 0 Å². The van der Waals surface area contributed by atoms with Crippen molar-refractivity contribution in [1.29, 1.82) is 0 Å². The molecular weight excluding hydrogens is 352 g/mol. The fourth-order valence-corrected chi connectivity index (χ4v) is 3.28. The van der Waals surface area contributed by atoms with Crippen molar-refractivity contribution in [3.63, 3.8) is 0 Å². The molecule has 3 N–H and O–H groups in total. The van der Waals surface area contributed by atoms with Gasteiger partial charge in [0.05, 0.1) is 5.56 Å². The molecule has 0 fully saturated rings. The number of allylic oxidation sites excluding steroid dienone is 2. The lowest BCUT2D eigenvalue weighted by molar-refractivity contribution is 0.0975. The molecule has 28 heavy (non-hydrogen) atoms. The molecule has 0 aliphatic carbocycles. The van der Waals surface area contributed by atoms with Crippen molar-refractivity contribution in [2.24, 2.45) is 0 Å². The van der Waals surface area contributed by atoms with Crippen LogP contribution in [0.15, 0.2) is 24.3 Å². The van der Waals surface area contributed by atoms with Crippen molar-refractivity contribution < 1.29 is 20.1 Å². The molecule has 0 amide bonds. The maximum atomic E-state index is 12.1. The first-order valence-corrected chi connectivity index (χ1v) is 11.0. The van der Waals surface area contributed by atoms with E-state index in [9.17, 15) is 20.1 Å². The average molecular weight is 391 g/mol. The predicted molar refractivity (Wildman–Crippen MR) is 115 cm³/mol. The summed E-state index contributed by atoms with van der Waals surface area (Å²) >= 11 is 0. The van der Waals surface area contributed by atoms with Crippen LogP contribution in [-0.2, 0) is 0 Å². The number of phenolic OH excluding ortho intramolecular Hbond substituents is 3. The number of phenols is 3. The highest BCUT2D eigenvalue weighted by atomic mass is 16.3. The number of hydrogen-bond acceptors (Lipinski definition) is 4. The number of rotatable bonds is 16. The highest BCUT2D eigenvalue weighted by molar-refractivity contribution is 5.99. The van der Waals surface area contributed by atoms with Crippen LogP contribution in [0.2, 0.25) is 0 Å². The minimum atomic E-state index is -0.629. The first kappa shape index (κ1) is 24.1. The average Bonchev–Trinajstić information content (AvgIpc) is 2.69. The van der Waals surface area contributed by atoms with E-state index in [0.29, 0.717) is 6.42 Å². The number of Topliss-reactive ketones (excluding diaryl/α,β-unsaturated/α-hetero) is 1. The molecule has 0 bridgehead atoms. The van der Waals surface area contributed by atoms with Gasteiger partial charge in [-0.2, -0.15) is 0 Å². The topological polar surface area (TPSA) is 77.8 Å². The third-order valence-corrected chi connectivity index (χ3v) is 5.10. The van der Waals surface area contributed by atoms with E-state index in [1.807, 2.05) is 0 Å². The van der Waals surface area contributed by atoms with E-state index in [1.54, 1.807) is 0 Å². The standard InChI is InChI=1S/C24H38O4/c1-2-3-4-5-6-7-8-9-10-11-12-13-14-15-16-17-21(25)20-18-19-22(26)24(28)23(20)27/h9-10,18-19,26-28H,2-8,11-17H2,1H3/b10-9-. The quantitative estimate of drug-likeness (QED) is 0.123. The Kier molecular flexibility index (Phi) is 12.9. The summed E-state index contributed by atoms with van der Waals surface area (Å²) in [5.74, 6) is -1.78. The van der Waals surface area contributed by atoms with Gasteiger partial charge < -0.3 is 15.3 Å². The van der Waals surface area contributed by atoms with Crippen LogP contribution in [0.3, 0.4) is 0 Å². The van der Waals surface area contributed by atoms with E-state index in [-0.39, 0.29) is 11.3 Å². The number of unbranched alkanes of at least 4 members (excludes halogenated alkanes) is 11. The van der Waals surface area contributed by atoms with Crippen LogP contribution in [0, 0.1) is 0 Å². The van der Waals surface area contributed by atoms with Crippen LogP contribution >= 0.6 is 0 Å². The van der Waals surface area contributed by atoms with Gasteiger partial charge in [-0.1, -0.05) is 70.4 Å². The lowest BCUT2D eigenvalue weighted by Gasteiger charge is -2.06. The number of carbonyl (C=O) groups excluding carboxylic acids is 1. The number of ketones is 1. The predicted octanol–water partition coefficient (Wildman–Crippen LogP) is 7.02. The molecule has 158 valence electrons. The van der Waals surface area contributed by atoms with Gasteiger partial charge in [0.2, 0.25) is 5.75 Å². The molecule has 1 aromatic rings. The van der Waals surface area contributed by atoms with E-state index in [2.05, 4.69) is 19.1 Å². The Morgan fingerprint density at radius 3 is 1.89 bits per heavy atom. The van der Waals surface area contributed by atoms with Crippen LogP contribution in [-0.4, -0.2) is 21.1 Å². The van der Waals surface area contributed by atoms with Gasteiger partial charge in [-0.05, 0) is 44.2 Å². The Bertz CT molecular complexity index is 593. The van der Waals surface area contributed by atoms with Gasteiger partial charge in [-0.3, -0.25) is 4.79 Å². The van der Waals surface area contributed by atoms with Gasteiger partial charge in [-0.15, -0.1) is 0 Å². The van der Waals surface area contributed by atoms with E-state index >= 15 is 0 Å². The summed E-state index contributed by atoms with van der Waals surface area (Å²) in [6, 6.07) is 2.58. The summed E-state index contributed by atoms with van der Waals surface area (Å²) < 4.78 is 0. The molecule has 0 atom stereocenters. The molecule has 0 aliphatic heterocycles. The summed E-state index contributed by atoms with van der Waals surface area (Å²) in [5.41, 5.74) is 0.0748. The van der Waals surface area contributed by atoms with E-state index in [0.717, 1.165) is 25.7 Å². The molecule has 0 unspecified atom stereocenters. The van der Waals surface area contributed by atoms with E-state index in [1.165, 1.54) is 69.9 Å². The van der Waals surface area contributed by atoms with Crippen LogP contribution in [0.4, 0.5) is 0 Å². The Hall–Kier alpha value is -1.97. The summed E-state index contributed by atoms with van der Waals surface area (Å²) in [6.07, 6.45) is 20.6. The minimum absolute atomic E-state index is 0.0748. The third kappa shape index (κ3) is 9.82. The molecule has 0 heterocycles. The number of hydrogen-bond donors (Lipinski definition) is 3. The Morgan fingerprint density at radius 1 is 0.750 bits per heavy atom. The minimum Gasteiger partial charge on any atom is -0.504 e. The lowest BCUT2D eigenvalue weighted by Crippen LogP contribution is -1.99. The summed E-state index contributed by atoms with van der Waals surface area (Å²) in [4.78, 5) is 12.1. The molecule has 4 nitrogen and oxygen atoms in total. The molecule has 1 rings (SSSR count). The van der Waals surface area contributed by atoms with Crippen LogP contribution in [0.25, 0.3) is 0 Å². The first-order chi connectivity index (χ1) is 13.6. The van der Waals surface area contributed by atoms with Gasteiger partial charge in [-0.25, -0.2) is 0 Å². The number of aromatic hydroxyl groups is 3. The van der Waals surface area contributed by atoms with E-state index in [4.69, 9.17) is 0 Å². The molecule has 0 aliphatic rings. The van der Waals surface area contributed by atoms with Crippen LogP contribution in [0.5, 0.6) is 17.2 Å². The highest BCUT2D eigenvalue weighted by Gasteiger charge is 2.16. The lowest BCUT2D eigenvalue weighted by atomic mass is 10.0. The van der Waals surface area contributed by atoms with Crippen molar-refractivity contribution in [3.05, 3.63) is 29.8 Å². The normalized spacial score (nSPS) is 11.3. The van der Waals surface area contributed by atoms with Crippen LogP contribution in [0.1, 0.15) is 107 Å². The largest absolute Gasteiger partial charge is 0.504 e. The van der Waals surface area contributed by atoms with Crippen molar-refractivity contribution >= 4 is 5.78 Å². The van der Waals surface area contributed by atoms with Crippen molar-refractivity contribution in [3.8, 4) is 17.2 Å². The maximum Gasteiger partial charge on any atom is 0.201 e. The van der Waals surface area contributed by atoms with Gasteiger partial charge in [0.25, 0.3) is 0 Å². The van der Waals surface area contributed by atoms with Crippen molar-refractivity contribution in [2.45, 2.75) is 96.8 Å². The molecule has 0 saturated heterocycles. The third-order valence-electron chi connectivity index (χ3n) is 5.10. The first-order valence-electron chi connectivity index (χ1n) is 11.0. The van der Waals surface area contributed by atoms with Gasteiger partial charge in [0, 0.05) is 6.42 Å². The number of carbonyl (C=O) groups is 1. The SMILES string of the molecule is CCCCCCCC/C=C\CCCCCCCC(=O)c1ccc(O)c(O)c1O. The molecule has 0 spiro atoms. The second-order valence-electron chi connectivity index (χ2n) is 7.59. The summed E-state index contributed by atoms with van der Waals surface area (Å²) in [5, 5.41) is 28.5. The zero-order valence-electron chi connectivity index (χ0n) is 17.5. The fraction of sp³-hybridized carbons (Fsp3) is 0.625. The summed E-state index contributed by atoms with van der Waals surface area (Å²) in [6.45, 7) is 2.25. The van der Waals surface area contributed by atoms with Gasteiger partial charge >= 0.3 is 0 Å². The van der Waals surface area contributed by atoms with Crippen molar-refractivity contribution in [1.82, 2.24) is 0 Å². The van der Waals surface area contributed by atoms with E-state index < -0.39 is 17.2 Å². The monoisotopic (exact) mass is 390 g/mol. The molecule has 1 aromatic carbocycles. The zero-order chi connectivity index (χ0) is 20.6. The Morgan fingerprint density at radius 2 is 1.29 bits per heavy atom. The molecular formula is C24H38O4. The molecule has 4 heteroatoms. The smallest absolute Gasteiger partial charge is 0.201 e. The molecule has 0 saturated carbocycles. The highest BCUT2D eigenvalue weighted by Crippen LogP contribution is 2.37. The fourth-order valence-electron chi connectivity index (χ4n) is 3.28. The number of benzene rings is 1. The Labute approximate surface area is 170 Å². The Balaban J connectivity index is 2.00. The molecule has 0 aromatic heterocycles. The summed E-state index contributed by atoms with van der Waals surface area (Å²) in [7, 11) is 0. The second-order valence-corrected chi connectivity index (χ2v) is 7.59. The van der Waals surface area contributed by atoms with Gasteiger partial charge in [0.1, 0.15) is 0 Å².